The Hall–Kier alpha value is -2.61. The molecule has 3 N–H and O–H groups in total. The van der Waals surface area contributed by atoms with Gasteiger partial charge in [0, 0.05) is 6.42 Å². The number of hydrogen-bond acceptors (Lipinski definition) is 3. The van der Waals surface area contributed by atoms with Gasteiger partial charge in [0.25, 0.3) is 0 Å². The summed E-state index contributed by atoms with van der Waals surface area (Å²) in [5, 5.41) is 14.9. The van der Waals surface area contributed by atoms with Gasteiger partial charge in [-0.25, -0.2) is 9.78 Å². The van der Waals surface area contributed by atoms with Gasteiger partial charge in [0.1, 0.15) is 11.5 Å². The number of nitrogens with one attached hydrogen (secondary N) is 2. The van der Waals surface area contributed by atoms with Gasteiger partial charge in [-0.15, -0.1) is 0 Å². The van der Waals surface area contributed by atoms with Crippen LogP contribution in [0.25, 0.3) is 0 Å². The molecule has 1 aliphatic rings. The lowest BCUT2D eigenvalue weighted by atomic mass is 10.1. The molecule has 1 aromatic carbocycles. The number of pyridine rings is 1. The average molecular weight is 337 g/mol. The standard InChI is InChI=1S/C16H14F3N3O2/c17-16(18,19)12-6-3-7-13(20-12)21-15(24)22-14-10-5-2-1-4-9(10)8-11(14)23/h1-7,11,14,23H,8H2,(H2,20,21,22,24)/t11-,14+/m0/s1. The molecule has 3 rings (SSSR count). The molecule has 0 fully saturated rings. The number of carbonyl (C=O) groups is 1. The Morgan fingerprint density at radius 3 is 2.67 bits per heavy atom. The molecule has 0 unspecified atom stereocenters. The molecule has 8 heteroatoms. The smallest absolute Gasteiger partial charge is 0.390 e. The number of alkyl halides is 3. The first-order valence-corrected chi connectivity index (χ1v) is 7.22. The number of carbonyl (C=O) groups excluding carboxylic acids is 1. The molecule has 2 amide bonds. The van der Waals surface area contributed by atoms with Crippen LogP contribution in [-0.2, 0) is 12.6 Å². The van der Waals surface area contributed by atoms with Crippen molar-refractivity contribution in [3.63, 3.8) is 0 Å². The van der Waals surface area contributed by atoms with Crippen molar-refractivity contribution < 1.29 is 23.1 Å². The van der Waals surface area contributed by atoms with Crippen LogP contribution in [0.1, 0.15) is 22.9 Å². The Balaban J connectivity index is 1.71. The monoisotopic (exact) mass is 337 g/mol. The largest absolute Gasteiger partial charge is 0.433 e. The number of hydrogen-bond donors (Lipinski definition) is 3. The summed E-state index contributed by atoms with van der Waals surface area (Å²) in [6.45, 7) is 0. The van der Waals surface area contributed by atoms with Crippen LogP contribution in [0.2, 0.25) is 0 Å². The van der Waals surface area contributed by atoms with Gasteiger partial charge in [-0.2, -0.15) is 13.2 Å². The van der Waals surface area contributed by atoms with Crippen molar-refractivity contribution in [2.24, 2.45) is 0 Å². The molecule has 126 valence electrons. The summed E-state index contributed by atoms with van der Waals surface area (Å²) in [4.78, 5) is 15.4. The summed E-state index contributed by atoms with van der Waals surface area (Å²) >= 11 is 0. The Morgan fingerprint density at radius 2 is 1.92 bits per heavy atom. The summed E-state index contributed by atoms with van der Waals surface area (Å²) in [5.41, 5.74) is 0.621. The number of halogens is 3. The fourth-order valence-corrected chi connectivity index (χ4v) is 2.70. The third kappa shape index (κ3) is 3.33. The summed E-state index contributed by atoms with van der Waals surface area (Å²) in [6.07, 6.45) is -4.97. The molecule has 24 heavy (non-hydrogen) atoms. The van der Waals surface area contributed by atoms with Crippen LogP contribution in [0.15, 0.2) is 42.5 Å². The lowest BCUT2D eigenvalue weighted by Crippen LogP contribution is -2.37. The number of benzene rings is 1. The van der Waals surface area contributed by atoms with E-state index >= 15 is 0 Å². The number of nitrogens with zero attached hydrogens (tertiary/aromatic N) is 1. The normalized spacial score (nSPS) is 19.7. The number of amides is 2. The molecule has 1 aliphatic carbocycles. The molecule has 1 aromatic heterocycles. The second-order valence-electron chi connectivity index (χ2n) is 5.45. The van der Waals surface area contributed by atoms with Gasteiger partial charge < -0.3 is 10.4 Å². The molecule has 5 nitrogen and oxygen atoms in total. The van der Waals surface area contributed by atoms with E-state index in [1.807, 2.05) is 12.1 Å². The van der Waals surface area contributed by atoms with Crippen molar-refractivity contribution in [2.75, 3.05) is 5.32 Å². The maximum Gasteiger partial charge on any atom is 0.433 e. The third-order valence-corrected chi connectivity index (χ3v) is 3.77. The first-order valence-electron chi connectivity index (χ1n) is 7.22. The minimum Gasteiger partial charge on any atom is -0.390 e. The van der Waals surface area contributed by atoms with Crippen LogP contribution in [0, 0.1) is 0 Å². The topological polar surface area (TPSA) is 74.2 Å². The van der Waals surface area contributed by atoms with Crippen LogP contribution in [0.5, 0.6) is 0 Å². The van der Waals surface area contributed by atoms with Crippen LogP contribution in [0.4, 0.5) is 23.8 Å². The molecule has 2 atom stereocenters. The Morgan fingerprint density at radius 1 is 1.17 bits per heavy atom. The lowest BCUT2D eigenvalue weighted by Gasteiger charge is -2.18. The van der Waals surface area contributed by atoms with Crippen LogP contribution >= 0.6 is 0 Å². The van der Waals surface area contributed by atoms with Crippen LogP contribution in [0.3, 0.4) is 0 Å². The number of rotatable bonds is 2. The summed E-state index contributed by atoms with van der Waals surface area (Å²) in [6, 6.07) is 9.15. The van der Waals surface area contributed by atoms with E-state index in [0.717, 1.165) is 23.3 Å². The molecule has 0 bridgehead atoms. The molecular formula is C16H14F3N3O2. The Labute approximate surface area is 135 Å². The second kappa shape index (κ2) is 6.12. The van der Waals surface area contributed by atoms with Crippen molar-refractivity contribution in [3.05, 3.63) is 59.3 Å². The first kappa shape index (κ1) is 16.3. The predicted octanol–water partition coefficient (Wildman–Crippen LogP) is 2.88. The number of urea groups is 1. The van der Waals surface area contributed by atoms with Gasteiger partial charge in [-0.3, -0.25) is 5.32 Å². The quantitative estimate of drug-likeness (QED) is 0.789. The van der Waals surface area contributed by atoms with Crippen molar-refractivity contribution in [2.45, 2.75) is 24.7 Å². The SMILES string of the molecule is O=C(Nc1cccc(C(F)(F)F)n1)N[C@@H]1c2ccccc2C[C@@H]1O. The zero-order chi connectivity index (χ0) is 17.3. The number of aliphatic hydroxyl groups excluding tert-OH is 1. The van der Waals surface area contributed by atoms with E-state index in [9.17, 15) is 23.1 Å². The van der Waals surface area contributed by atoms with Crippen molar-refractivity contribution >= 4 is 11.8 Å². The van der Waals surface area contributed by atoms with Crippen molar-refractivity contribution in [1.82, 2.24) is 10.3 Å². The molecule has 0 spiro atoms. The minimum absolute atomic E-state index is 0.219. The molecular weight excluding hydrogens is 323 g/mol. The molecule has 0 radical (unpaired) electrons. The summed E-state index contributed by atoms with van der Waals surface area (Å²) < 4.78 is 37.9. The van der Waals surface area contributed by atoms with E-state index in [4.69, 9.17) is 0 Å². The molecule has 2 aromatic rings. The maximum atomic E-state index is 12.6. The zero-order valence-electron chi connectivity index (χ0n) is 12.3. The van der Waals surface area contributed by atoms with Crippen LogP contribution in [-0.4, -0.2) is 22.2 Å². The van der Waals surface area contributed by atoms with Crippen molar-refractivity contribution in [3.8, 4) is 0 Å². The average Bonchev–Trinajstić information content (AvgIpc) is 2.83. The highest BCUT2D eigenvalue weighted by molar-refractivity contribution is 5.88. The molecule has 1 heterocycles. The highest BCUT2D eigenvalue weighted by atomic mass is 19.4. The summed E-state index contributed by atoms with van der Waals surface area (Å²) in [7, 11) is 0. The fraction of sp³-hybridized carbons (Fsp3) is 0.250. The zero-order valence-corrected chi connectivity index (χ0v) is 12.3. The number of aromatic nitrogens is 1. The fourth-order valence-electron chi connectivity index (χ4n) is 2.70. The first-order chi connectivity index (χ1) is 11.3. The number of fused-ring (bicyclic) bond motifs is 1. The van der Waals surface area contributed by atoms with Gasteiger partial charge in [0.15, 0.2) is 0 Å². The third-order valence-electron chi connectivity index (χ3n) is 3.77. The van der Waals surface area contributed by atoms with E-state index in [1.54, 1.807) is 12.1 Å². The molecule has 0 saturated heterocycles. The van der Waals surface area contributed by atoms with Gasteiger partial charge in [0.05, 0.1) is 12.1 Å². The number of aliphatic hydroxyl groups is 1. The van der Waals surface area contributed by atoms with Gasteiger partial charge in [-0.05, 0) is 23.3 Å². The lowest BCUT2D eigenvalue weighted by molar-refractivity contribution is -0.141. The van der Waals surface area contributed by atoms with Crippen LogP contribution < -0.4 is 10.6 Å². The van der Waals surface area contributed by atoms with E-state index < -0.39 is 30.0 Å². The Kier molecular flexibility index (Phi) is 4.15. The van der Waals surface area contributed by atoms with E-state index in [2.05, 4.69) is 15.6 Å². The maximum absolute atomic E-state index is 12.6. The second-order valence-corrected chi connectivity index (χ2v) is 5.45. The van der Waals surface area contributed by atoms with Gasteiger partial charge in [0.2, 0.25) is 0 Å². The van der Waals surface area contributed by atoms with Gasteiger partial charge >= 0.3 is 12.2 Å². The predicted molar refractivity (Wildman–Crippen MR) is 80.3 cm³/mol. The molecule has 0 aliphatic heterocycles. The highest BCUT2D eigenvalue weighted by Gasteiger charge is 2.33. The van der Waals surface area contributed by atoms with E-state index in [0.29, 0.717) is 6.42 Å². The van der Waals surface area contributed by atoms with E-state index in [1.165, 1.54) is 6.07 Å². The van der Waals surface area contributed by atoms with E-state index in [-0.39, 0.29) is 5.82 Å². The molecule has 0 saturated carbocycles. The van der Waals surface area contributed by atoms with Crippen molar-refractivity contribution in [1.29, 1.82) is 0 Å². The summed E-state index contributed by atoms with van der Waals surface area (Å²) in [5.74, 6) is -0.219. The Bertz CT molecular complexity index is 764. The van der Waals surface area contributed by atoms with Gasteiger partial charge in [-0.1, -0.05) is 30.3 Å². The number of anilines is 1. The highest BCUT2D eigenvalue weighted by Crippen LogP contribution is 2.31. The minimum atomic E-state index is -4.59.